The molecule has 0 saturated heterocycles. The highest BCUT2D eigenvalue weighted by Gasteiger charge is 1.94. The predicted octanol–water partition coefficient (Wildman–Crippen LogP) is 1.50. The number of benzene rings is 1. The predicted molar refractivity (Wildman–Crippen MR) is 51.7 cm³/mol. The summed E-state index contributed by atoms with van der Waals surface area (Å²) in [6.07, 6.45) is 0. The summed E-state index contributed by atoms with van der Waals surface area (Å²) in [5.74, 6) is 0. The first-order valence-corrected chi connectivity index (χ1v) is 4.96. The van der Waals surface area contributed by atoms with Gasteiger partial charge in [0.15, 0.2) is 0 Å². The van der Waals surface area contributed by atoms with Gasteiger partial charge in [-0.25, -0.2) is 0 Å². The molecule has 1 N–H and O–H groups in total. The fourth-order valence-electron chi connectivity index (χ4n) is 0.634. The second-order valence-electron chi connectivity index (χ2n) is 1.82. The molecule has 1 unspecified atom stereocenters. The third-order valence-corrected chi connectivity index (χ3v) is 2.39. The molecule has 0 saturated carbocycles. The van der Waals surface area contributed by atoms with Crippen LogP contribution in [0.5, 0.6) is 0 Å². The molecule has 0 amide bonds. The number of anilines is 1. The van der Waals surface area contributed by atoms with Crippen molar-refractivity contribution in [2.75, 3.05) is 4.72 Å². The van der Waals surface area contributed by atoms with E-state index in [0.717, 1.165) is 3.57 Å². The zero-order valence-electron chi connectivity index (χ0n) is 5.41. The molecule has 1 aromatic rings. The summed E-state index contributed by atoms with van der Waals surface area (Å²) in [5.41, 5.74) is 0.612. The van der Waals surface area contributed by atoms with E-state index in [0.29, 0.717) is 5.69 Å². The summed E-state index contributed by atoms with van der Waals surface area (Å²) < 4.78 is 23.6. The zero-order chi connectivity index (χ0) is 8.27. The topological polar surface area (TPSA) is 52.2 Å². The van der Waals surface area contributed by atoms with E-state index in [1.165, 1.54) is 0 Å². The Kier molecular flexibility index (Phi) is 3.28. The normalized spacial score (nSPS) is 12.5. The van der Waals surface area contributed by atoms with Crippen LogP contribution in [0.4, 0.5) is 5.69 Å². The van der Waals surface area contributed by atoms with Crippen molar-refractivity contribution in [3.8, 4) is 0 Å². The fourth-order valence-corrected chi connectivity index (χ4v) is 1.70. The third kappa shape index (κ3) is 2.76. The molecule has 5 heteroatoms. The first kappa shape index (κ1) is 8.95. The molecule has 1 rings (SSSR count). The van der Waals surface area contributed by atoms with E-state index in [2.05, 4.69) is 27.3 Å². The van der Waals surface area contributed by atoms with Gasteiger partial charge in [-0.2, -0.15) is 0 Å². The molecule has 0 radical (unpaired) electrons. The number of rotatable bonds is 2. The van der Waals surface area contributed by atoms with Crippen molar-refractivity contribution in [3.63, 3.8) is 0 Å². The monoisotopic (exact) mass is 282 g/mol. The maximum Gasteiger partial charge on any atom is 0.0586 e. The Balaban J connectivity index is 2.86. The van der Waals surface area contributed by atoms with Crippen LogP contribution < -0.4 is 4.72 Å². The fraction of sp³-hybridized carbons (Fsp3) is 0. The van der Waals surface area contributed by atoms with E-state index in [1.54, 1.807) is 12.1 Å². The molecule has 0 spiro atoms. The van der Waals surface area contributed by atoms with Gasteiger partial charge in [0.25, 0.3) is 0 Å². The Morgan fingerprint density at radius 3 is 2.64 bits per heavy atom. The van der Waals surface area contributed by atoms with Gasteiger partial charge in [0.2, 0.25) is 0 Å². The van der Waals surface area contributed by atoms with Crippen molar-refractivity contribution < 1.29 is 8.76 Å². The van der Waals surface area contributed by atoms with E-state index >= 15 is 0 Å². The first-order valence-electron chi connectivity index (χ1n) is 2.80. The van der Waals surface area contributed by atoms with E-state index in [1.807, 2.05) is 12.1 Å². The van der Waals surface area contributed by atoms with Crippen LogP contribution in [0.1, 0.15) is 0 Å². The van der Waals surface area contributed by atoms with Gasteiger partial charge in [-0.05, 0) is 34.7 Å². The lowest BCUT2D eigenvalue weighted by Crippen LogP contribution is -2.03. The summed E-state index contributed by atoms with van der Waals surface area (Å²) in [4.78, 5) is 0. The van der Waals surface area contributed by atoms with Crippen LogP contribution in [-0.2, 0) is 11.3 Å². The van der Waals surface area contributed by atoms with Crippen LogP contribution in [0.3, 0.4) is 0 Å². The third-order valence-electron chi connectivity index (χ3n) is 1.07. The highest BCUT2D eigenvalue weighted by atomic mass is 127. The van der Waals surface area contributed by atoms with Crippen LogP contribution in [0, 0.1) is 3.57 Å². The van der Waals surface area contributed by atoms with Gasteiger partial charge in [0.05, 0.1) is 5.69 Å². The summed E-state index contributed by atoms with van der Waals surface area (Å²) in [5, 5.41) is 0. The van der Waals surface area contributed by atoms with Crippen molar-refractivity contribution >= 4 is 39.5 Å². The van der Waals surface area contributed by atoms with Crippen molar-refractivity contribution in [2.24, 2.45) is 0 Å². The molecule has 11 heavy (non-hydrogen) atoms. The Morgan fingerprint density at radius 2 is 2.09 bits per heavy atom. The number of hydrogen-bond acceptors (Lipinski definition) is 2. The molecule has 0 aliphatic heterocycles. The summed E-state index contributed by atoms with van der Waals surface area (Å²) in [6.45, 7) is 0. The van der Waals surface area contributed by atoms with Crippen LogP contribution >= 0.6 is 22.6 Å². The number of para-hydroxylation sites is 1. The maximum atomic E-state index is 10.2. The lowest BCUT2D eigenvalue weighted by atomic mass is 10.3. The van der Waals surface area contributed by atoms with Gasteiger partial charge in [-0.3, -0.25) is 4.21 Å². The van der Waals surface area contributed by atoms with Gasteiger partial charge in [0.1, 0.15) is 0 Å². The Hall–Kier alpha value is -0.140. The van der Waals surface area contributed by atoms with Gasteiger partial charge < -0.3 is 9.27 Å². The second kappa shape index (κ2) is 4.03. The van der Waals surface area contributed by atoms with Crippen molar-refractivity contribution in [1.29, 1.82) is 0 Å². The minimum atomic E-state index is -2.23. The Bertz CT molecular complexity index is 279. The smallest absolute Gasteiger partial charge is 0.0586 e. The Morgan fingerprint density at radius 1 is 1.45 bits per heavy atom. The summed E-state index contributed by atoms with van der Waals surface area (Å²) in [7, 11) is 0. The average Bonchev–Trinajstić information content (AvgIpc) is 1.93. The number of halogens is 1. The van der Waals surface area contributed by atoms with Gasteiger partial charge in [0, 0.05) is 14.8 Å². The highest BCUT2D eigenvalue weighted by Crippen LogP contribution is 2.16. The van der Waals surface area contributed by atoms with Gasteiger partial charge >= 0.3 is 0 Å². The van der Waals surface area contributed by atoms with Gasteiger partial charge in [-0.15, -0.1) is 0 Å². The molecule has 0 aliphatic carbocycles. The first-order chi connectivity index (χ1) is 5.20. The molecule has 0 heterocycles. The van der Waals surface area contributed by atoms with E-state index in [-0.39, 0.29) is 0 Å². The van der Waals surface area contributed by atoms with Crippen LogP contribution in [0.25, 0.3) is 0 Å². The van der Waals surface area contributed by atoms with Crippen molar-refractivity contribution in [2.45, 2.75) is 0 Å². The molecule has 0 aliphatic rings. The standard InChI is InChI=1S/C6H6INO2S/c7-5-3-1-2-4-6(5)8-11(9)10/h1-4,8H,(H,9,10)/p-1. The number of nitrogens with one attached hydrogen (secondary N) is 1. The van der Waals surface area contributed by atoms with Crippen LogP contribution in [0.2, 0.25) is 0 Å². The molecular formula is C6H5INO2S-. The zero-order valence-corrected chi connectivity index (χ0v) is 8.39. The molecule has 60 valence electrons. The lowest BCUT2D eigenvalue weighted by Gasteiger charge is -2.09. The largest absolute Gasteiger partial charge is 0.755 e. The molecule has 1 atom stereocenters. The quantitative estimate of drug-likeness (QED) is 0.660. The van der Waals surface area contributed by atoms with Crippen LogP contribution in [-0.4, -0.2) is 8.76 Å². The van der Waals surface area contributed by atoms with Crippen molar-refractivity contribution in [1.82, 2.24) is 0 Å². The van der Waals surface area contributed by atoms with Crippen LogP contribution in [0.15, 0.2) is 24.3 Å². The average molecular weight is 282 g/mol. The summed E-state index contributed by atoms with van der Waals surface area (Å²) >= 11 is -0.174. The van der Waals surface area contributed by atoms with Crippen molar-refractivity contribution in [3.05, 3.63) is 27.8 Å². The SMILES string of the molecule is O=S([O-])Nc1ccccc1I. The summed E-state index contributed by atoms with van der Waals surface area (Å²) in [6, 6.07) is 7.16. The minimum absolute atomic E-state index is 0.612. The van der Waals surface area contributed by atoms with E-state index in [9.17, 15) is 8.76 Å². The number of hydrogen-bond donors (Lipinski definition) is 1. The minimum Gasteiger partial charge on any atom is -0.755 e. The van der Waals surface area contributed by atoms with E-state index < -0.39 is 11.3 Å². The molecular weight excluding hydrogens is 277 g/mol. The molecule has 3 nitrogen and oxygen atoms in total. The lowest BCUT2D eigenvalue weighted by molar-refractivity contribution is 0.542. The maximum absolute atomic E-state index is 10.2. The highest BCUT2D eigenvalue weighted by molar-refractivity contribution is 14.1. The Labute approximate surface area is 80.8 Å². The molecule has 0 bridgehead atoms. The molecule has 0 aromatic heterocycles. The molecule has 1 aromatic carbocycles. The van der Waals surface area contributed by atoms with Gasteiger partial charge in [-0.1, -0.05) is 12.1 Å². The second-order valence-corrected chi connectivity index (χ2v) is 3.65. The molecule has 0 fully saturated rings. The van der Waals surface area contributed by atoms with E-state index in [4.69, 9.17) is 0 Å².